The van der Waals surface area contributed by atoms with Crippen molar-refractivity contribution in [2.24, 2.45) is 5.92 Å². The fourth-order valence-corrected chi connectivity index (χ4v) is 1.35. The number of carbonyl (C=O) groups is 1. The zero-order valence-corrected chi connectivity index (χ0v) is 7.06. The van der Waals surface area contributed by atoms with Gasteiger partial charge in [-0.25, -0.2) is 0 Å². The van der Waals surface area contributed by atoms with Crippen LogP contribution in [0.1, 0.15) is 19.3 Å². The van der Waals surface area contributed by atoms with Crippen LogP contribution in [0.25, 0.3) is 0 Å². The molecule has 1 rings (SSSR count). The van der Waals surface area contributed by atoms with E-state index in [1.807, 2.05) is 0 Å². The van der Waals surface area contributed by atoms with E-state index in [-0.39, 0.29) is 12.5 Å². The molecule has 0 aromatic carbocycles. The second-order valence-electron chi connectivity index (χ2n) is 3.21. The Bertz CT molecular complexity index is 182. The Morgan fingerprint density at radius 2 is 2.15 bits per heavy atom. The first-order chi connectivity index (χ1) is 6.00. The smallest absolute Gasteiger partial charge is 0.381 e. The van der Waals surface area contributed by atoms with Gasteiger partial charge in [0.05, 0.1) is 0 Å². The summed E-state index contributed by atoms with van der Waals surface area (Å²) in [6, 6.07) is 0. The molecule has 0 saturated carbocycles. The van der Waals surface area contributed by atoms with Gasteiger partial charge in [0.2, 0.25) is 5.78 Å². The largest absolute Gasteiger partial charge is 0.449 e. The molecular formula is C8H11F3O2. The van der Waals surface area contributed by atoms with Gasteiger partial charge in [0.25, 0.3) is 0 Å². The predicted molar refractivity (Wildman–Crippen MR) is 39.2 cm³/mol. The molecule has 1 aliphatic heterocycles. The first-order valence-corrected chi connectivity index (χ1v) is 4.18. The highest BCUT2D eigenvalue weighted by Gasteiger charge is 2.39. The molecule has 76 valence electrons. The lowest BCUT2D eigenvalue weighted by atomic mass is 9.96. The van der Waals surface area contributed by atoms with E-state index >= 15 is 0 Å². The van der Waals surface area contributed by atoms with Gasteiger partial charge in [-0.1, -0.05) is 0 Å². The van der Waals surface area contributed by atoms with Gasteiger partial charge >= 0.3 is 6.18 Å². The number of alkyl halides is 3. The summed E-state index contributed by atoms with van der Waals surface area (Å²) < 4.78 is 40.4. The topological polar surface area (TPSA) is 26.3 Å². The molecule has 1 fully saturated rings. The molecule has 1 aliphatic rings. The van der Waals surface area contributed by atoms with Crippen molar-refractivity contribution in [3.05, 3.63) is 0 Å². The number of hydrogen-bond donors (Lipinski definition) is 0. The molecule has 0 aromatic rings. The van der Waals surface area contributed by atoms with Crippen molar-refractivity contribution < 1.29 is 22.7 Å². The molecule has 1 unspecified atom stereocenters. The van der Waals surface area contributed by atoms with E-state index in [9.17, 15) is 18.0 Å². The molecule has 0 spiro atoms. The van der Waals surface area contributed by atoms with Crippen LogP contribution in [0.5, 0.6) is 0 Å². The average molecular weight is 196 g/mol. The highest BCUT2D eigenvalue weighted by atomic mass is 19.4. The van der Waals surface area contributed by atoms with Crippen molar-refractivity contribution in [3.63, 3.8) is 0 Å². The second kappa shape index (κ2) is 4.09. The van der Waals surface area contributed by atoms with Crippen LogP contribution in [0.15, 0.2) is 0 Å². The third-order valence-corrected chi connectivity index (χ3v) is 2.04. The number of carbonyl (C=O) groups excluding carboxylic acids is 1. The summed E-state index contributed by atoms with van der Waals surface area (Å²) >= 11 is 0. The normalized spacial score (nSPS) is 24.4. The van der Waals surface area contributed by atoms with Gasteiger partial charge in [-0.2, -0.15) is 13.2 Å². The van der Waals surface area contributed by atoms with Crippen molar-refractivity contribution in [1.82, 2.24) is 0 Å². The molecule has 5 heteroatoms. The molecule has 0 N–H and O–H groups in total. The maximum atomic E-state index is 11.8. The molecule has 0 aromatic heterocycles. The lowest BCUT2D eigenvalue weighted by molar-refractivity contribution is -0.172. The average Bonchev–Trinajstić information content (AvgIpc) is 2.04. The van der Waals surface area contributed by atoms with Gasteiger partial charge in [0, 0.05) is 19.6 Å². The first-order valence-electron chi connectivity index (χ1n) is 4.18. The van der Waals surface area contributed by atoms with E-state index in [2.05, 4.69) is 0 Å². The number of Topliss-reactive ketones (excluding diaryl/α,β-unsaturated/α-hetero) is 1. The summed E-state index contributed by atoms with van der Waals surface area (Å²) in [7, 11) is 0. The van der Waals surface area contributed by atoms with Gasteiger partial charge in [0.15, 0.2) is 0 Å². The maximum Gasteiger partial charge on any atom is 0.449 e. The second-order valence-corrected chi connectivity index (χ2v) is 3.21. The van der Waals surface area contributed by atoms with Crippen molar-refractivity contribution >= 4 is 5.78 Å². The Hall–Kier alpha value is -0.580. The summed E-state index contributed by atoms with van der Waals surface area (Å²) in [5.41, 5.74) is 0. The number of ether oxygens (including phenoxy) is 1. The van der Waals surface area contributed by atoms with Crippen LogP contribution in [0, 0.1) is 5.92 Å². The van der Waals surface area contributed by atoms with Crippen LogP contribution >= 0.6 is 0 Å². The lowest BCUT2D eigenvalue weighted by Crippen LogP contribution is -2.28. The zero-order valence-electron chi connectivity index (χ0n) is 7.06. The maximum absolute atomic E-state index is 11.8. The monoisotopic (exact) mass is 196 g/mol. The minimum absolute atomic E-state index is 0.247. The van der Waals surface area contributed by atoms with Gasteiger partial charge in [-0.15, -0.1) is 0 Å². The van der Waals surface area contributed by atoms with Gasteiger partial charge in [-0.3, -0.25) is 4.79 Å². The van der Waals surface area contributed by atoms with E-state index < -0.39 is 18.4 Å². The summed E-state index contributed by atoms with van der Waals surface area (Å²) in [4.78, 5) is 10.6. The number of hydrogen-bond acceptors (Lipinski definition) is 2. The SMILES string of the molecule is O=C(CC1CCCOC1)C(F)(F)F. The number of halogens is 3. The first kappa shape index (κ1) is 10.5. The van der Waals surface area contributed by atoms with Crippen LogP contribution in [0.4, 0.5) is 13.2 Å². The zero-order chi connectivity index (χ0) is 9.90. The Balaban J connectivity index is 2.35. The molecule has 1 heterocycles. The third-order valence-electron chi connectivity index (χ3n) is 2.04. The third kappa shape index (κ3) is 3.34. The van der Waals surface area contributed by atoms with E-state index in [4.69, 9.17) is 4.74 Å². The Kier molecular flexibility index (Phi) is 3.30. The van der Waals surface area contributed by atoms with Crippen LogP contribution in [-0.4, -0.2) is 25.2 Å². The van der Waals surface area contributed by atoms with Crippen molar-refractivity contribution in [3.8, 4) is 0 Å². The van der Waals surface area contributed by atoms with E-state index in [0.29, 0.717) is 13.0 Å². The molecule has 13 heavy (non-hydrogen) atoms. The quantitative estimate of drug-likeness (QED) is 0.674. The molecule has 1 atom stereocenters. The van der Waals surface area contributed by atoms with Crippen molar-refractivity contribution in [2.75, 3.05) is 13.2 Å². The standard InChI is InChI=1S/C8H11F3O2/c9-8(10,11)7(12)4-6-2-1-3-13-5-6/h6H,1-5H2. The van der Waals surface area contributed by atoms with Gasteiger partial charge in [0.1, 0.15) is 0 Å². The number of ketones is 1. The van der Waals surface area contributed by atoms with Crippen LogP contribution in [-0.2, 0) is 9.53 Å². The molecule has 0 aliphatic carbocycles. The molecule has 0 amide bonds. The summed E-state index contributed by atoms with van der Waals surface area (Å²) in [5, 5.41) is 0. The molecule has 0 radical (unpaired) electrons. The van der Waals surface area contributed by atoms with Crippen LogP contribution < -0.4 is 0 Å². The number of rotatable bonds is 2. The van der Waals surface area contributed by atoms with Crippen LogP contribution in [0.2, 0.25) is 0 Å². The summed E-state index contributed by atoms with van der Waals surface area (Å²) in [5.74, 6) is -1.88. The fourth-order valence-electron chi connectivity index (χ4n) is 1.35. The van der Waals surface area contributed by atoms with Gasteiger partial charge < -0.3 is 4.74 Å². The van der Waals surface area contributed by atoms with E-state index in [1.165, 1.54) is 0 Å². The van der Waals surface area contributed by atoms with E-state index in [0.717, 1.165) is 6.42 Å². The highest BCUT2D eigenvalue weighted by molar-refractivity contribution is 5.84. The minimum Gasteiger partial charge on any atom is -0.381 e. The fraction of sp³-hybridized carbons (Fsp3) is 0.875. The molecule has 1 saturated heterocycles. The van der Waals surface area contributed by atoms with Crippen LogP contribution in [0.3, 0.4) is 0 Å². The minimum atomic E-state index is -4.68. The molecular weight excluding hydrogens is 185 g/mol. The van der Waals surface area contributed by atoms with Gasteiger partial charge in [-0.05, 0) is 18.8 Å². The summed E-state index contributed by atoms with van der Waals surface area (Å²) in [6.07, 6.45) is -3.71. The highest BCUT2D eigenvalue weighted by Crippen LogP contribution is 2.24. The Labute approximate surface area is 74.1 Å². The molecule has 2 nitrogen and oxygen atoms in total. The molecule has 0 bridgehead atoms. The van der Waals surface area contributed by atoms with Crippen molar-refractivity contribution in [2.45, 2.75) is 25.4 Å². The predicted octanol–water partition coefficient (Wildman–Crippen LogP) is 1.93. The Morgan fingerprint density at radius 1 is 1.46 bits per heavy atom. The summed E-state index contributed by atoms with van der Waals surface area (Å²) in [6.45, 7) is 0.874. The Morgan fingerprint density at radius 3 is 2.62 bits per heavy atom. The van der Waals surface area contributed by atoms with E-state index in [1.54, 1.807) is 0 Å². The van der Waals surface area contributed by atoms with Crippen molar-refractivity contribution in [1.29, 1.82) is 0 Å². The lowest BCUT2D eigenvalue weighted by Gasteiger charge is -2.21.